The van der Waals surface area contributed by atoms with Gasteiger partial charge in [0.05, 0.1) is 35.7 Å². The summed E-state index contributed by atoms with van der Waals surface area (Å²) in [5.74, 6) is -1.29. The molecule has 0 spiro atoms. The van der Waals surface area contributed by atoms with Crippen molar-refractivity contribution in [2.45, 2.75) is 6.92 Å². The smallest absolute Gasteiger partial charge is 0.281 e. The molecule has 1 fully saturated rings. The fraction of sp³-hybridized carbons (Fsp3) is 0.200. The predicted octanol–water partition coefficient (Wildman–Crippen LogP) is 3.72. The number of amides is 2. The number of carbonyl (C=O) groups is 2. The number of hydrogen-bond donors (Lipinski definition) is 2. The van der Waals surface area contributed by atoms with Crippen LogP contribution < -0.4 is 15.8 Å². The number of carbonyl (C=O) groups excluding carboxylic acids is 2. The average molecular weight is 492 g/mol. The molecule has 1 saturated heterocycles. The first-order valence-electron chi connectivity index (χ1n) is 11.1. The number of thiazole rings is 1. The standard InChI is InChI=1S/C25H22FN5O3S/c1-15-22(35-25(27-15)31-10-12-34-13-11-31)24(33)30-29-23(32)19-14-21(16-6-8-17(26)9-7-16)28-20-5-3-2-4-18(19)20/h2-9,14H,10-13H2,1H3,(H,29,32)(H,30,33). The Hall–Kier alpha value is -3.89. The summed E-state index contributed by atoms with van der Waals surface area (Å²) in [4.78, 5) is 37.6. The Labute approximate surface area is 204 Å². The predicted molar refractivity (Wildman–Crippen MR) is 132 cm³/mol. The van der Waals surface area contributed by atoms with E-state index in [0.29, 0.717) is 51.5 Å². The summed E-state index contributed by atoms with van der Waals surface area (Å²) < 4.78 is 18.8. The van der Waals surface area contributed by atoms with Crippen molar-refractivity contribution in [3.63, 3.8) is 0 Å². The first-order valence-corrected chi connectivity index (χ1v) is 11.9. The molecule has 4 aromatic rings. The van der Waals surface area contributed by atoms with Gasteiger partial charge in [0.2, 0.25) is 0 Å². The van der Waals surface area contributed by atoms with Gasteiger partial charge in [-0.3, -0.25) is 20.4 Å². The lowest BCUT2D eigenvalue weighted by Gasteiger charge is -2.25. The number of nitrogens with one attached hydrogen (secondary N) is 2. The Morgan fingerprint density at radius 2 is 1.71 bits per heavy atom. The van der Waals surface area contributed by atoms with Gasteiger partial charge in [-0.2, -0.15) is 0 Å². The monoisotopic (exact) mass is 491 g/mol. The number of halogens is 1. The van der Waals surface area contributed by atoms with Crippen molar-refractivity contribution in [3.05, 3.63) is 76.5 Å². The number of aryl methyl sites for hydroxylation is 1. The summed E-state index contributed by atoms with van der Waals surface area (Å²) in [6.45, 7) is 4.45. The van der Waals surface area contributed by atoms with Crippen molar-refractivity contribution in [2.75, 3.05) is 31.2 Å². The maximum absolute atomic E-state index is 13.4. The number of benzene rings is 2. The van der Waals surface area contributed by atoms with Crippen LogP contribution in [0.15, 0.2) is 54.6 Å². The van der Waals surface area contributed by atoms with E-state index >= 15 is 0 Å². The molecule has 2 aromatic heterocycles. The van der Waals surface area contributed by atoms with Gasteiger partial charge in [0.1, 0.15) is 10.7 Å². The largest absolute Gasteiger partial charge is 0.378 e. The third kappa shape index (κ3) is 4.84. The number of hydrazine groups is 1. The van der Waals surface area contributed by atoms with Gasteiger partial charge >= 0.3 is 0 Å². The number of hydrogen-bond acceptors (Lipinski definition) is 7. The van der Waals surface area contributed by atoms with E-state index in [1.54, 1.807) is 37.3 Å². The van der Waals surface area contributed by atoms with Crippen LogP contribution in [0.5, 0.6) is 0 Å². The highest BCUT2D eigenvalue weighted by molar-refractivity contribution is 7.17. The maximum Gasteiger partial charge on any atom is 0.281 e. The minimum atomic E-state index is -0.490. The van der Waals surface area contributed by atoms with E-state index in [-0.39, 0.29) is 5.82 Å². The molecular weight excluding hydrogens is 469 g/mol. The Kier molecular flexibility index (Phi) is 6.39. The minimum absolute atomic E-state index is 0.338. The topological polar surface area (TPSA) is 96.5 Å². The molecule has 0 atom stereocenters. The molecule has 1 aliphatic rings. The van der Waals surface area contributed by atoms with Crippen LogP contribution in [0.1, 0.15) is 25.7 Å². The lowest BCUT2D eigenvalue weighted by atomic mass is 10.0. The van der Waals surface area contributed by atoms with Gasteiger partial charge in [0.25, 0.3) is 11.8 Å². The van der Waals surface area contributed by atoms with Crippen LogP contribution in [0.2, 0.25) is 0 Å². The van der Waals surface area contributed by atoms with Crippen LogP contribution in [-0.4, -0.2) is 48.1 Å². The number of aromatic nitrogens is 2. The Balaban J connectivity index is 1.36. The van der Waals surface area contributed by atoms with E-state index < -0.39 is 11.8 Å². The SMILES string of the molecule is Cc1nc(N2CCOCC2)sc1C(=O)NNC(=O)c1cc(-c2ccc(F)cc2)nc2ccccc12. The highest BCUT2D eigenvalue weighted by Crippen LogP contribution is 2.27. The molecule has 0 aliphatic carbocycles. The van der Waals surface area contributed by atoms with E-state index in [4.69, 9.17) is 4.74 Å². The summed E-state index contributed by atoms with van der Waals surface area (Å²) >= 11 is 1.28. The number of para-hydroxylation sites is 1. The summed E-state index contributed by atoms with van der Waals surface area (Å²) in [6, 6.07) is 14.7. The van der Waals surface area contributed by atoms with Gasteiger partial charge in [-0.1, -0.05) is 29.5 Å². The van der Waals surface area contributed by atoms with Gasteiger partial charge in [0, 0.05) is 24.0 Å². The Bertz CT molecular complexity index is 1400. The third-order valence-electron chi connectivity index (χ3n) is 5.66. The van der Waals surface area contributed by atoms with Gasteiger partial charge < -0.3 is 9.64 Å². The van der Waals surface area contributed by atoms with Gasteiger partial charge in [-0.05, 0) is 43.3 Å². The van der Waals surface area contributed by atoms with Crippen LogP contribution >= 0.6 is 11.3 Å². The molecule has 0 bridgehead atoms. The van der Waals surface area contributed by atoms with Crippen LogP contribution in [0.25, 0.3) is 22.2 Å². The van der Waals surface area contributed by atoms with Crippen LogP contribution in [0.3, 0.4) is 0 Å². The number of ether oxygens (including phenoxy) is 1. The molecule has 0 radical (unpaired) electrons. The summed E-state index contributed by atoms with van der Waals surface area (Å²) in [5.41, 5.74) is 7.75. The van der Waals surface area contributed by atoms with E-state index in [9.17, 15) is 14.0 Å². The molecule has 2 amide bonds. The molecule has 0 saturated carbocycles. The lowest BCUT2D eigenvalue weighted by Crippen LogP contribution is -2.41. The second-order valence-electron chi connectivity index (χ2n) is 8.00. The van der Waals surface area contributed by atoms with Crippen molar-refractivity contribution < 1.29 is 18.7 Å². The highest BCUT2D eigenvalue weighted by Gasteiger charge is 2.21. The second-order valence-corrected chi connectivity index (χ2v) is 8.98. The van der Waals surface area contributed by atoms with E-state index in [2.05, 4.69) is 25.7 Å². The second kappa shape index (κ2) is 9.77. The first kappa shape index (κ1) is 22.9. The van der Waals surface area contributed by atoms with Crippen LogP contribution in [-0.2, 0) is 4.74 Å². The van der Waals surface area contributed by atoms with Crippen LogP contribution in [0.4, 0.5) is 9.52 Å². The van der Waals surface area contributed by atoms with E-state index in [1.807, 2.05) is 12.1 Å². The number of fused-ring (bicyclic) bond motifs is 1. The summed E-state index contributed by atoms with van der Waals surface area (Å²) in [5, 5.41) is 1.39. The molecule has 35 heavy (non-hydrogen) atoms. The average Bonchev–Trinajstić information content (AvgIpc) is 3.29. The molecule has 3 heterocycles. The van der Waals surface area contributed by atoms with Crippen LogP contribution in [0, 0.1) is 12.7 Å². The maximum atomic E-state index is 13.4. The fourth-order valence-electron chi connectivity index (χ4n) is 3.85. The normalized spacial score (nSPS) is 13.6. The molecule has 178 valence electrons. The van der Waals surface area contributed by atoms with Crippen molar-refractivity contribution in [2.24, 2.45) is 0 Å². The number of pyridine rings is 1. The van der Waals surface area contributed by atoms with Gasteiger partial charge in [-0.15, -0.1) is 0 Å². The molecule has 1 aliphatic heterocycles. The highest BCUT2D eigenvalue weighted by atomic mass is 32.1. The summed E-state index contributed by atoms with van der Waals surface area (Å²) in [7, 11) is 0. The molecule has 2 aromatic carbocycles. The minimum Gasteiger partial charge on any atom is -0.378 e. The van der Waals surface area contributed by atoms with Crippen molar-refractivity contribution in [1.82, 2.24) is 20.8 Å². The molecular formula is C25H22FN5O3S. The number of rotatable bonds is 4. The number of anilines is 1. The van der Waals surface area contributed by atoms with E-state index in [1.165, 1.54) is 23.5 Å². The lowest BCUT2D eigenvalue weighted by molar-refractivity contribution is 0.0849. The molecule has 0 unspecified atom stereocenters. The Morgan fingerprint density at radius 1 is 1.00 bits per heavy atom. The first-order chi connectivity index (χ1) is 17.0. The zero-order valence-corrected chi connectivity index (χ0v) is 19.7. The van der Waals surface area contributed by atoms with Crippen molar-refractivity contribution >= 4 is 39.2 Å². The number of morpholine rings is 1. The number of nitrogens with zero attached hydrogens (tertiary/aromatic N) is 3. The fourth-order valence-corrected chi connectivity index (χ4v) is 4.87. The third-order valence-corrected chi connectivity index (χ3v) is 6.88. The van der Waals surface area contributed by atoms with Gasteiger partial charge in [-0.25, -0.2) is 14.4 Å². The van der Waals surface area contributed by atoms with Gasteiger partial charge in [0.15, 0.2) is 5.13 Å². The van der Waals surface area contributed by atoms with Crippen molar-refractivity contribution in [3.8, 4) is 11.3 Å². The molecule has 5 rings (SSSR count). The summed E-state index contributed by atoms with van der Waals surface area (Å²) in [6.07, 6.45) is 0. The Morgan fingerprint density at radius 3 is 2.49 bits per heavy atom. The van der Waals surface area contributed by atoms with Crippen molar-refractivity contribution in [1.29, 1.82) is 0 Å². The molecule has 2 N–H and O–H groups in total. The quantitative estimate of drug-likeness (QED) is 0.423. The molecule has 10 heteroatoms. The molecule has 8 nitrogen and oxygen atoms in total. The zero-order valence-electron chi connectivity index (χ0n) is 18.9. The zero-order chi connectivity index (χ0) is 24.4. The van der Waals surface area contributed by atoms with E-state index in [0.717, 1.165) is 18.2 Å².